The highest BCUT2D eigenvalue weighted by atomic mass is 28.2. The zero-order valence-electron chi connectivity index (χ0n) is 22.4. The topological polar surface area (TPSA) is 0 Å². The number of benzene rings is 4. The van der Waals surface area contributed by atoms with Crippen molar-refractivity contribution in [3.05, 3.63) is 144 Å². The van der Waals surface area contributed by atoms with Gasteiger partial charge in [-0.2, -0.15) is 0 Å². The van der Waals surface area contributed by atoms with Crippen LogP contribution in [0.25, 0.3) is 21.5 Å². The molecule has 1 heterocycles. The highest BCUT2D eigenvalue weighted by Gasteiger charge is 2.48. The van der Waals surface area contributed by atoms with Gasteiger partial charge in [-0.1, -0.05) is 126 Å². The molecule has 1 heteroatoms. The first-order valence-electron chi connectivity index (χ1n) is 14.8. The first kappa shape index (κ1) is 23.3. The van der Waals surface area contributed by atoms with E-state index in [1.165, 1.54) is 65.5 Å². The molecule has 0 saturated heterocycles. The van der Waals surface area contributed by atoms with Crippen molar-refractivity contribution in [3.8, 4) is 0 Å². The van der Waals surface area contributed by atoms with Crippen molar-refractivity contribution in [1.29, 1.82) is 0 Å². The van der Waals surface area contributed by atoms with Gasteiger partial charge >= 0.3 is 0 Å². The quantitative estimate of drug-likeness (QED) is 0.236. The zero-order chi connectivity index (χ0) is 25.8. The Morgan fingerprint density at radius 2 is 0.718 bits per heavy atom. The van der Waals surface area contributed by atoms with E-state index < -0.39 is 8.41 Å². The van der Waals surface area contributed by atoms with Gasteiger partial charge in [-0.15, -0.1) is 0 Å². The second kappa shape index (κ2) is 9.57. The van der Waals surface area contributed by atoms with Crippen LogP contribution in [0.2, 0.25) is 0 Å². The highest BCUT2D eigenvalue weighted by molar-refractivity contribution is 7.05. The van der Waals surface area contributed by atoms with Crippen molar-refractivity contribution in [2.75, 3.05) is 0 Å². The van der Waals surface area contributed by atoms with Crippen LogP contribution in [-0.4, -0.2) is 13.6 Å². The van der Waals surface area contributed by atoms with E-state index >= 15 is 0 Å². The molecule has 4 aliphatic carbocycles. The molecule has 39 heavy (non-hydrogen) atoms. The Kier molecular flexibility index (Phi) is 5.73. The van der Waals surface area contributed by atoms with Crippen LogP contribution in [0.3, 0.4) is 0 Å². The average Bonchev–Trinajstić information content (AvgIpc) is 3.34. The minimum absolute atomic E-state index is 0.805. The molecule has 0 amide bonds. The first-order valence-corrected chi connectivity index (χ1v) is 16.3. The Hall–Kier alpha value is -3.55. The third kappa shape index (κ3) is 3.90. The highest BCUT2D eigenvalue weighted by Crippen LogP contribution is 2.56. The summed E-state index contributed by atoms with van der Waals surface area (Å²) in [7, 11) is -1.17. The molecule has 190 valence electrons. The molecule has 4 saturated carbocycles. The van der Waals surface area contributed by atoms with Gasteiger partial charge in [0, 0.05) is 0 Å². The van der Waals surface area contributed by atoms with E-state index in [1.807, 2.05) is 5.17 Å². The first-order chi connectivity index (χ1) is 19.3. The maximum absolute atomic E-state index is 2.39. The summed E-state index contributed by atoms with van der Waals surface area (Å²) in [5, 5.41) is 5.23. The predicted molar refractivity (Wildman–Crippen MR) is 167 cm³/mol. The molecular weight excluding hydrogens is 485 g/mol. The van der Waals surface area contributed by atoms with Crippen LogP contribution in [-0.2, 0) is 0 Å². The molecule has 0 N–H and O–H groups in total. The average molecular weight is 519 g/mol. The SMILES string of the molecule is c1ccc(C2=C(c3ccccc3)[Si](=C3C4CC5CC(C4)CC3C5)C(c3ccccc3)=C2c2ccccc2)cc1. The molecule has 0 nitrogen and oxygen atoms in total. The minimum Gasteiger partial charge on any atom is -0.0746 e. The molecule has 0 unspecified atom stereocenters. The molecule has 4 bridgehead atoms. The van der Waals surface area contributed by atoms with Crippen LogP contribution in [0.1, 0.15) is 54.4 Å². The van der Waals surface area contributed by atoms with Crippen molar-refractivity contribution < 1.29 is 0 Å². The molecule has 9 rings (SSSR count). The number of rotatable bonds is 4. The fourth-order valence-electron chi connectivity index (χ4n) is 8.59. The van der Waals surface area contributed by atoms with E-state index in [4.69, 9.17) is 0 Å². The monoisotopic (exact) mass is 518 g/mol. The third-order valence-corrected chi connectivity index (χ3v) is 13.3. The van der Waals surface area contributed by atoms with Gasteiger partial charge in [0.05, 0.1) is 8.41 Å². The molecule has 0 atom stereocenters. The summed E-state index contributed by atoms with van der Waals surface area (Å²) in [6.45, 7) is 0. The molecule has 5 aliphatic rings. The van der Waals surface area contributed by atoms with Gasteiger partial charge in [-0.05, 0) is 99.6 Å². The van der Waals surface area contributed by atoms with Crippen LogP contribution < -0.4 is 0 Å². The fraction of sp³-hybridized carbons (Fsp3) is 0.237. The van der Waals surface area contributed by atoms with Crippen molar-refractivity contribution in [3.63, 3.8) is 0 Å². The molecule has 0 aromatic heterocycles. The van der Waals surface area contributed by atoms with Crippen LogP contribution in [0.15, 0.2) is 121 Å². The molecule has 0 spiro atoms. The standard InChI is InChI=1S/C38H34Si/c1-5-13-28(14-6-1)34-35(29-15-7-2-8-16-29)38(31-19-11-4-12-20-31)39(37(34)30-17-9-3-10-18-30)36-32-22-26-21-27(24-32)25-33(36)23-26/h1-20,26-27,32-33H,21-25H2. The summed E-state index contributed by atoms with van der Waals surface area (Å²) < 4.78 is 0. The normalized spacial score (nSPS) is 25.6. The molecule has 4 fully saturated rings. The van der Waals surface area contributed by atoms with Crippen LogP contribution in [0.4, 0.5) is 0 Å². The zero-order valence-corrected chi connectivity index (χ0v) is 23.4. The third-order valence-electron chi connectivity index (χ3n) is 9.81. The number of hydrogen-bond donors (Lipinski definition) is 0. The van der Waals surface area contributed by atoms with Gasteiger partial charge < -0.3 is 0 Å². The number of hydrogen-bond acceptors (Lipinski definition) is 0. The Morgan fingerprint density at radius 1 is 0.385 bits per heavy atom. The summed E-state index contributed by atoms with van der Waals surface area (Å²) in [5.74, 6) is 3.55. The largest absolute Gasteiger partial charge is 0.0830 e. The van der Waals surface area contributed by atoms with E-state index in [2.05, 4.69) is 121 Å². The lowest BCUT2D eigenvalue weighted by Gasteiger charge is -2.52. The van der Waals surface area contributed by atoms with Crippen LogP contribution in [0, 0.1) is 23.7 Å². The van der Waals surface area contributed by atoms with Gasteiger partial charge in [0.1, 0.15) is 0 Å². The lowest BCUT2D eigenvalue weighted by atomic mass is 9.56. The Morgan fingerprint density at radius 3 is 1.08 bits per heavy atom. The van der Waals surface area contributed by atoms with Gasteiger partial charge in [-0.25, -0.2) is 0 Å². The summed E-state index contributed by atoms with van der Waals surface area (Å²) in [5.41, 5.74) is 8.50. The Balaban J connectivity index is 1.53. The van der Waals surface area contributed by atoms with Crippen molar-refractivity contribution in [2.24, 2.45) is 23.7 Å². The summed E-state index contributed by atoms with van der Waals surface area (Å²) in [4.78, 5) is 0. The van der Waals surface area contributed by atoms with Crippen molar-refractivity contribution in [1.82, 2.24) is 0 Å². The lowest BCUT2D eigenvalue weighted by molar-refractivity contribution is 0.111. The van der Waals surface area contributed by atoms with Crippen molar-refractivity contribution >= 4 is 35.1 Å². The minimum atomic E-state index is -1.17. The smallest absolute Gasteiger partial charge is 0.0746 e. The maximum atomic E-state index is 2.39. The molecule has 4 aromatic rings. The van der Waals surface area contributed by atoms with Gasteiger partial charge in [0.2, 0.25) is 0 Å². The predicted octanol–water partition coefficient (Wildman–Crippen LogP) is 9.01. The fourth-order valence-corrected chi connectivity index (χ4v) is 12.7. The van der Waals surface area contributed by atoms with E-state index in [0.717, 1.165) is 23.7 Å². The molecular formula is C38H34Si. The van der Waals surface area contributed by atoms with Gasteiger partial charge in [0.15, 0.2) is 0 Å². The summed E-state index contributed by atoms with van der Waals surface area (Å²) >= 11 is 0. The van der Waals surface area contributed by atoms with E-state index in [9.17, 15) is 0 Å². The lowest BCUT2D eigenvalue weighted by Crippen LogP contribution is -2.48. The molecule has 4 aromatic carbocycles. The van der Waals surface area contributed by atoms with E-state index in [-0.39, 0.29) is 0 Å². The Bertz CT molecular complexity index is 1480. The molecule has 1 aliphatic heterocycles. The summed E-state index contributed by atoms with van der Waals surface area (Å²) in [6.07, 6.45) is 7.23. The second-order valence-corrected chi connectivity index (χ2v) is 14.4. The van der Waals surface area contributed by atoms with E-state index in [1.54, 1.807) is 10.4 Å². The second-order valence-electron chi connectivity index (χ2n) is 12.1. The Labute approximate surface area is 234 Å². The molecule has 0 radical (unpaired) electrons. The summed E-state index contributed by atoms with van der Waals surface area (Å²) in [6, 6.07) is 45.4. The van der Waals surface area contributed by atoms with Crippen LogP contribution >= 0.6 is 0 Å². The van der Waals surface area contributed by atoms with Crippen LogP contribution in [0.5, 0.6) is 0 Å². The number of allylic oxidation sites excluding steroid dienone is 2. The van der Waals surface area contributed by atoms with Gasteiger partial charge in [-0.3, -0.25) is 0 Å². The van der Waals surface area contributed by atoms with Crippen molar-refractivity contribution in [2.45, 2.75) is 32.1 Å². The maximum Gasteiger partial charge on any atom is 0.0830 e. The van der Waals surface area contributed by atoms with Gasteiger partial charge in [0.25, 0.3) is 0 Å². The van der Waals surface area contributed by atoms with E-state index in [0.29, 0.717) is 0 Å².